The number of hydrogen-bond acceptors (Lipinski definition) is 5. The lowest BCUT2D eigenvalue weighted by atomic mass is 9.81. The topological polar surface area (TPSA) is 69.7 Å². The van der Waals surface area contributed by atoms with E-state index < -0.39 is 17.4 Å². The molecule has 0 heterocycles. The summed E-state index contributed by atoms with van der Waals surface area (Å²) < 4.78 is 9.94. The maximum atomic E-state index is 12.1. The minimum absolute atomic E-state index is 0.0238. The highest BCUT2D eigenvalue weighted by Crippen LogP contribution is 2.34. The molecule has 0 saturated carbocycles. The minimum atomic E-state index is -1.55. The van der Waals surface area contributed by atoms with Crippen molar-refractivity contribution in [2.75, 3.05) is 14.2 Å². The van der Waals surface area contributed by atoms with E-state index in [1.807, 2.05) is 0 Å². The van der Waals surface area contributed by atoms with Crippen molar-refractivity contribution >= 4 is 33.7 Å². The van der Waals surface area contributed by atoms with Gasteiger partial charge in [-0.2, -0.15) is 0 Å². The first kappa shape index (κ1) is 21.1. The molecule has 0 unspecified atom stereocenters. The largest absolute Gasteiger partial charge is 0.468 e. The maximum absolute atomic E-state index is 12.1. The van der Waals surface area contributed by atoms with Gasteiger partial charge in [-0.05, 0) is 17.0 Å². The zero-order chi connectivity index (χ0) is 17.9. The monoisotopic (exact) mass is 384 g/mol. The second-order valence-corrected chi connectivity index (χ2v) is 5.94. The minimum Gasteiger partial charge on any atom is -0.468 e. The molecule has 5 nitrogen and oxygen atoms in total. The zero-order valence-corrected chi connectivity index (χ0v) is 15.0. The van der Waals surface area contributed by atoms with Crippen LogP contribution in [0.25, 0.3) is 0 Å². The molecule has 0 atom stereocenters. The van der Waals surface area contributed by atoms with Crippen LogP contribution >= 0.6 is 15.9 Å². The van der Waals surface area contributed by atoms with E-state index in [-0.39, 0.29) is 18.6 Å². The van der Waals surface area contributed by atoms with Crippen molar-refractivity contribution in [3.63, 3.8) is 0 Å². The van der Waals surface area contributed by atoms with E-state index in [0.29, 0.717) is 23.7 Å². The Bertz CT molecular complexity index is 523. The third-order valence-corrected chi connectivity index (χ3v) is 3.39. The Morgan fingerprint density at radius 3 is 2.17 bits per heavy atom. The van der Waals surface area contributed by atoms with Crippen molar-refractivity contribution < 1.29 is 23.9 Å². The van der Waals surface area contributed by atoms with Crippen molar-refractivity contribution in [2.45, 2.75) is 32.1 Å². The van der Waals surface area contributed by atoms with Gasteiger partial charge in [0.1, 0.15) is 0 Å². The van der Waals surface area contributed by atoms with Gasteiger partial charge in [0.2, 0.25) is 0 Å². The van der Waals surface area contributed by atoms with E-state index in [1.165, 1.54) is 20.3 Å². The van der Waals surface area contributed by atoms with E-state index >= 15 is 0 Å². The third kappa shape index (κ3) is 6.83. The van der Waals surface area contributed by atoms with Gasteiger partial charge >= 0.3 is 11.9 Å². The quantitative estimate of drug-likeness (QED) is 0.201. The van der Waals surface area contributed by atoms with Gasteiger partial charge in [0, 0.05) is 25.7 Å². The highest BCUT2D eigenvalue weighted by Gasteiger charge is 2.48. The first-order valence-electron chi connectivity index (χ1n) is 6.95. The molecule has 0 aromatic rings. The predicted molar refractivity (Wildman–Crippen MR) is 90.6 cm³/mol. The van der Waals surface area contributed by atoms with Crippen molar-refractivity contribution in [3.05, 3.63) is 23.7 Å². The van der Waals surface area contributed by atoms with Crippen LogP contribution in [0.4, 0.5) is 0 Å². The van der Waals surface area contributed by atoms with Crippen molar-refractivity contribution in [1.29, 1.82) is 0 Å². The number of carbonyl (C=O) groups excluding carboxylic acids is 3. The highest BCUT2D eigenvalue weighted by molar-refractivity contribution is 9.11. The van der Waals surface area contributed by atoms with Gasteiger partial charge in [0.05, 0.1) is 14.2 Å². The normalized spacial score (nSPS) is 10.0. The number of carbonyl (C=O) groups is 3. The number of unbranched alkanes of at least 4 members (excludes halogenated alkanes) is 1. The zero-order valence-electron chi connectivity index (χ0n) is 13.4. The summed E-state index contributed by atoms with van der Waals surface area (Å²) in [6.45, 7) is 7.06. The SMILES string of the molecule is C=CC(=O)CCCC#CCC(CC(=C)Br)(C(=O)OC)C(=O)OC. The van der Waals surface area contributed by atoms with Gasteiger partial charge in [-0.15, -0.1) is 11.8 Å². The number of hydrogen-bond donors (Lipinski definition) is 0. The summed E-state index contributed by atoms with van der Waals surface area (Å²) in [5.74, 6) is 4.17. The van der Waals surface area contributed by atoms with Crippen LogP contribution in [0.15, 0.2) is 23.7 Å². The summed E-state index contributed by atoms with van der Waals surface area (Å²) >= 11 is 3.16. The van der Waals surface area contributed by atoms with Gasteiger partial charge < -0.3 is 9.47 Å². The highest BCUT2D eigenvalue weighted by atomic mass is 79.9. The fourth-order valence-corrected chi connectivity index (χ4v) is 2.39. The molecular formula is C17H21BrO5. The van der Waals surface area contributed by atoms with Crippen LogP contribution < -0.4 is 0 Å². The molecule has 0 aliphatic carbocycles. The fraction of sp³-hybridized carbons (Fsp3) is 0.471. The summed E-state index contributed by atoms with van der Waals surface area (Å²) in [6.07, 6.45) is 2.69. The lowest BCUT2D eigenvalue weighted by molar-refractivity contribution is -0.168. The molecule has 23 heavy (non-hydrogen) atoms. The standard InChI is InChI=1S/C17H21BrO5/c1-5-14(19)10-8-6-7-9-11-17(12-13(2)18,15(20)22-3)16(21)23-4/h5H,1-2,6,8,10-12H2,3-4H3. The molecule has 0 aliphatic heterocycles. The summed E-state index contributed by atoms with van der Waals surface area (Å²) in [4.78, 5) is 35.3. The third-order valence-electron chi connectivity index (χ3n) is 3.11. The average Bonchev–Trinajstić information content (AvgIpc) is 2.54. The van der Waals surface area contributed by atoms with Crippen molar-refractivity contribution in [2.24, 2.45) is 5.41 Å². The van der Waals surface area contributed by atoms with Crippen LogP contribution in [0, 0.1) is 17.3 Å². The van der Waals surface area contributed by atoms with Crippen LogP contribution in [-0.4, -0.2) is 31.9 Å². The average molecular weight is 385 g/mol. The summed E-state index contributed by atoms with van der Waals surface area (Å²) in [5.41, 5.74) is -1.55. The molecule has 0 bridgehead atoms. The number of allylic oxidation sites excluding steroid dienone is 2. The molecule has 0 rings (SSSR count). The molecule has 0 spiro atoms. The summed E-state index contributed by atoms with van der Waals surface area (Å²) in [6, 6.07) is 0. The number of esters is 2. The number of methoxy groups -OCH3 is 2. The second-order valence-electron chi connectivity index (χ2n) is 4.81. The van der Waals surface area contributed by atoms with Crippen molar-refractivity contribution in [3.8, 4) is 11.8 Å². The number of ketones is 1. The molecule has 6 heteroatoms. The Balaban J connectivity index is 5.05. The first-order valence-corrected chi connectivity index (χ1v) is 7.74. The van der Waals surface area contributed by atoms with Gasteiger partial charge in [-0.25, -0.2) is 0 Å². The molecule has 0 N–H and O–H groups in total. The van der Waals surface area contributed by atoms with Crippen molar-refractivity contribution in [1.82, 2.24) is 0 Å². The number of halogens is 1. The van der Waals surface area contributed by atoms with E-state index in [0.717, 1.165) is 0 Å². The van der Waals surface area contributed by atoms with Gasteiger partial charge in [0.15, 0.2) is 11.2 Å². The molecule has 126 valence electrons. The summed E-state index contributed by atoms with van der Waals surface area (Å²) in [7, 11) is 2.40. The van der Waals surface area contributed by atoms with Crippen LogP contribution in [0.3, 0.4) is 0 Å². The molecule has 0 aromatic heterocycles. The Hall–Kier alpha value is -1.87. The molecule has 0 aliphatic rings. The molecular weight excluding hydrogens is 364 g/mol. The number of ether oxygens (including phenoxy) is 2. The van der Waals surface area contributed by atoms with Crippen LogP contribution in [0.1, 0.15) is 32.1 Å². The molecule has 0 aromatic carbocycles. The molecule has 0 radical (unpaired) electrons. The maximum Gasteiger partial charge on any atom is 0.324 e. The lowest BCUT2D eigenvalue weighted by Gasteiger charge is -2.25. The fourth-order valence-electron chi connectivity index (χ4n) is 1.91. The lowest BCUT2D eigenvalue weighted by Crippen LogP contribution is -2.41. The second kappa shape index (κ2) is 10.8. The van der Waals surface area contributed by atoms with E-state index in [9.17, 15) is 14.4 Å². The smallest absolute Gasteiger partial charge is 0.324 e. The van der Waals surface area contributed by atoms with Crippen LogP contribution in [0.5, 0.6) is 0 Å². The van der Waals surface area contributed by atoms with E-state index in [2.05, 4.69) is 40.9 Å². The van der Waals surface area contributed by atoms with Gasteiger partial charge in [0.25, 0.3) is 0 Å². The van der Waals surface area contributed by atoms with E-state index in [1.54, 1.807) is 0 Å². The Kier molecular flexibility index (Phi) is 9.91. The van der Waals surface area contributed by atoms with Gasteiger partial charge in [-0.1, -0.05) is 29.1 Å². The number of rotatable bonds is 9. The Morgan fingerprint density at radius 2 is 1.74 bits per heavy atom. The van der Waals surface area contributed by atoms with Crippen LogP contribution in [0.2, 0.25) is 0 Å². The molecule has 0 fully saturated rings. The Morgan fingerprint density at radius 1 is 1.17 bits per heavy atom. The first-order chi connectivity index (χ1) is 10.8. The molecule has 0 amide bonds. The summed E-state index contributed by atoms with van der Waals surface area (Å²) in [5, 5.41) is 0. The van der Waals surface area contributed by atoms with Crippen LogP contribution in [-0.2, 0) is 23.9 Å². The van der Waals surface area contributed by atoms with Gasteiger partial charge in [-0.3, -0.25) is 14.4 Å². The predicted octanol–water partition coefficient (Wildman–Crippen LogP) is 2.94. The van der Waals surface area contributed by atoms with E-state index in [4.69, 9.17) is 9.47 Å². The Labute approximate surface area is 145 Å². The molecule has 0 saturated heterocycles.